The molecule has 2 rings (SSSR count). The predicted molar refractivity (Wildman–Crippen MR) is 85.5 cm³/mol. The van der Waals surface area contributed by atoms with Gasteiger partial charge < -0.3 is 20.9 Å². The summed E-state index contributed by atoms with van der Waals surface area (Å²) >= 11 is 5.74. The molecule has 4 N–H and O–H groups in total. The van der Waals surface area contributed by atoms with Gasteiger partial charge in [0.05, 0.1) is 14.2 Å². The van der Waals surface area contributed by atoms with Crippen LogP contribution in [0.15, 0.2) is 18.2 Å². The molecular formula is C15H13ClN4O3. The molecule has 0 atom stereocenters. The number of anilines is 1. The van der Waals surface area contributed by atoms with Gasteiger partial charge in [0.15, 0.2) is 0 Å². The second-order valence-electron chi connectivity index (χ2n) is 4.32. The fraction of sp³-hybridized carbons (Fsp3) is 0.133. The Hall–Kier alpha value is -2.98. The first kappa shape index (κ1) is 16.4. The van der Waals surface area contributed by atoms with E-state index < -0.39 is 5.91 Å². The summed E-state index contributed by atoms with van der Waals surface area (Å²) < 4.78 is 10.3. The van der Waals surface area contributed by atoms with Crippen molar-refractivity contribution < 1.29 is 14.3 Å². The smallest absolute Gasteiger partial charge is 0.255 e. The first-order valence-corrected chi connectivity index (χ1v) is 6.70. The van der Waals surface area contributed by atoms with Crippen LogP contribution in [0.3, 0.4) is 0 Å². The fourth-order valence-electron chi connectivity index (χ4n) is 1.79. The van der Waals surface area contributed by atoms with Crippen LogP contribution < -0.4 is 20.9 Å². The Morgan fingerprint density at radius 1 is 1.13 bits per heavy atom. The minimum atomic E-state index is -0.785. The Morgan fingerprint density at radius 2 is 1.74 bits per heavy atom. The highest BCUT2D eigenvalue weighted by atomic mass is 35.5. The summed E-state index contributed by atoms with van der Waals surface area (Å²) in [6.45, 7) is 0. The van der Waals surface area contributed by atoms with Gasteiger partial charge in [-0.1, -0.05) is 5.92 Å². The fourth-order valence-corrected chi connectivity index (χ4v) is 1.97. The summed E-state index contributed by atoms with van der Waals surface area (Å²) in [4.78, 5) is 19.1. The molecule has 8 heteroatoms. The van der Waals surface area contributed by atoms with E-state index in [-0.39, 0.29) is 22.4 Å². The Kier molecular flexibility index (Phi) is 4.88. The first-order chi connectivity index (χ1) is 10.9. The number of hydrogen-bond donors (Lipinski definition) is 2. The third-order valence-corrected chi connectivity index (χ3v) is 3.00. The number of nitrogens with two attached hydrogens (primary N) is 2. The minimum Gasteiger partial charge on any atom is -0.497 e. The van der Waals surface area contributed by atoms with Crippen LogP contribution in [0.1, 0.15) is 21.6 Å². The van der Waals surface area contributed by atoms with Crippen LogP contribution in [-0.4, -0.2) is 30.1 Å². The maximum atomic E-state index is 11.5. The molecule has 1 aromatic carbocycles. The second-order valence-corrected chi connectivity index (χ2v) is 4.66. The Labute approximate surface area is 137 Å². The van der Waals surface area contributed by atoms with Gasteiger partial charge in [0, 0.05) is 11.6 Å². The maximum absolute atomic E-state index is 11.5. The number of benzene rings is 1. The standard InChI is InChI=1S/C15H13ClN4O3/c1-22-9-5-8(6-10(7-9)23-2)3-4-11-12(14(18)21)13(17)20-15(16)19-11/h5-7H,1-2H3,(H2,18,21)(H2,17,19,20). The Morgan fingerprint density at radius 3 is 2.26 bits per heavy atom. The van der Waals surface area contributed by atoms with E-state index in [9.17, 15) is 4.79 Å². The number of ether oxygens (including phenoxy) is 2. The summed E-state index contributed by atoms with van der Waals surface area (Å²) in [5, 5.41) is -0.125. The van der Waals surface area contributed by atoms with Crippen molar-refractivity contribution in [1.82, 2.24) is 9.97 Å². The highest BCUT2D eigenvalue weighted by molar-refractivity contribution is 6.28. The number of carbonyl (C=O) groups excluding carboxylic acids is 1. The van der Waals surface area contributed by atoms with Gasteiger partial charge in [-0.3, -0.25) is 4.79 Å². The lowest BCUT2D eigenvalue weighted by Crippen LogP contribution is -2.17. The molecule has 7 nitrogen and oxygen atoms in total. The van der Waals surface area contributed by atoms with Gasteiger partial charge in [0.25, 0.3) is 5.91 Å². The molecule has 0 aliphatic rings. The molecule has 118 valence electrons. The van der Waals surface area contributed by atoms with Gasteiger partial charge in [-0.15, -0.1) is 0 Å². The van der Waals surface area contributed by atoms with Crippen molar-refractivity contribution in [2.75, 3.05) is 20.0 Å². The average Bonchev–Trinajstić information content (AvgIpc) is 2.51. The van der Waals surface area contributed by atoms with Gasteiger partial charge in [-0.2, -0.15) is 0 Å². The second kappa shape index (κ2) is 6.85. The Balaban J connectivity index is 2.53. The molecule has 1 aromatic heterocycles. The molecule has 0 aliphatic carbocycles. The molecule has 0 saturated heterocycles. The number of nitrogens with zero attached hydrogens (tertiary/aromatic N) is 2. The van der Waals surface area contributed by atoms with Crippen LogP contribution in [-0.2, 0) is 0 Å². The number of carbonyl (C=O) groups is 1. The topological polar surface area (TPSA) is 113 Å². The largest absolute Gasteiger partial charge is 0.497 e. The number of methoxy groups -OCH3 is 2. The summed E-state index contributed by atoms with van der Waals surface area (Å²) in [7, 11) is 3.06. The maximum Gasteiger partial charge on any atom is 0.255 e. The van der Waals surface area contributed by atoms with E-state index in [2.05, 4.69) is 21.8 Å². The van der Waals surface area contributed by atoms with Crippen molar-refractivity contribution in [2.45, 2.75) is 0 Å². The van der Waals surface area contributed by atoms with Crippen LogP contribution in [0.4, 0.5) is 5.82 Å². The Bertz CT molecular complexity index is 805. The first-order valence-electron chi connectivity index (χ1n) is 6.32. The SMILES string of the molecule is COc1cc(C#Cc2nc(Cl)nc(N)c2C(N)=O)cc(OC)c1. The van der Waals surface area contributed by atoms with Crippen molar-refractivity contribution in [1.29, 1.82) is 0 Å². The average molecular weight is 333 g/mol. The van der Waals surface area contributed by atoms with E-state index in [0.717, 1.165) is 0 Å². The molecule has 0 radical (unpaired) electrons. The van der Waals surface area contributed by atoms with Crippen molar-refractivity contribution in [3.05, 3.63) is 40.3 Å². The molecule has 0 fully saturated rings. The summed E-state index contributed by atoms with van der Waals surface area (Å²) in [5.41, 5.74) is 11.5. The monoisotopic (exact) mass is 332 g/mol. The molecule has 0 aliphatic heterocycles. The van der Waals surface area contributed by atoms with Gasteiger partial charge >= 0.3 is 0 Å². The van der Waals surface area contributed by atoms with E-state index in [1.807, 2.05) is 0 Å². The van der Waals surface area contributed by atoms with Crippen LogP contribution >= 0.6 is 11.6 Å². The molecule has 23 heavy (non-hydrogen) atoms. The van der Waals surface area contributed by atoms with E-state index in [0.29, 0.717) is 17.1 Å². The van der Waals surface area contributed by atoms with E-state index in [1.54, 1.807) is 18.2 Å². The lowest BCUT2D eigenvalue weighted by atomic mass is 10.1. The lowest BCUT2D eigenvalue weighted by Gasteiger charge is -2.05. The van der Waals surface area contributed by atoms with Crippen LogP contribution in [0.25, 0.3) is 0 Å². The number of primary amides is 1. The van der Waals surface area contributed by atoms with E-state index >= 15 is 0 Å². The van der Waals surface area contributed by atoms with Crippen molar-refractivity contribution >= 4 is 23.3 Å². The molecule has 2 aromatic rings. The highest BCUT2D eigenvalue weighted by Crippen LogP contribution is 2.22. The number of nitrogen functional groups attached to an aromatic ring is 1. The zero-order valence-electron chi connectivity index (χ0n) is 12.4. The molecule has 1 heterocycles. The zero-order chi connectivity index (χ0) is 17.0. The predicted octanol–water partition coefficient (Wildman–Crippen LogP) is 1.23. The number of rotatable bonds is 3. The lowest BCUT2D eigenvalue weighted by molar-refractivity contribution is 0.100. The van der Waals surface area contributed by atoms with Crippen LogP contribution in [0.2, 0.25) is 5.28 Å². The minimum absolute atomic E-state index is 0.0526. The van der Waals surface area contributed by atoms with Crippen molar-refractivity contribution in [2.24, 2.45) is 5.73 Å². The highest BCUT2D eigenvalue weighted by Gasteiger charge is 2.15. The number of amides is 1. The number of aromatic nitrogens is 2. The van der Waals surface area contributed by atoms with Crippen LogP contribution in [0.5, 0.6) is 11.5 Å². The summed E-state index contributed by atoms with van der Waals surface area (Å²) in [6, 6.07) is 5.11. The third kappa shape index (κ3) is 3.81. The van der Waals surface area contributed by atoms with Gasteiger partial charge in [0.2, 0.25) is 5.28 Å². The molecule has 1 amide bonds. The van der Waals surface area contributed by atoms with Gasteiger partial charge in [-0.05, 0) is 29.7 Å². The third-order valence-electron chi connectivity index (χ3n) is 2.83. The molecule has 0 spiro atoms. The molecular weight excluding hydrogens is 320 g/mol. The summed E-state index contributed by atoms with van der Waals surface area (Å²) in [5.74, 6) is 5.80. The number of hydrogen-bond acceptors (Lipinski definition) is 6. The quantitative estimate of drug-likeness (QED) is 0.645. The van der Waals surface area contributed by atoms with Gasteiger partial charge in [-0.25, -0.2) is 9.97 Å². The van der Waals surface area contributed by atoms with Crippen molar-refractivity contribution in [3.8, 4) is 23.3 Å². The van der Waals surface area contributed by atoms with Crippen LogP contribution in [0, 0.1) is 11.8 Å². The van der Waals surface area contributed by atoms with E-state index in [4.69, 9.17) is 32.5 Å². The number of halogens is 1. The molecule has 0 bridgehead atoms. The normalized spacial score (nSPS) is 9.70. The molecule has 0 saturated carbocycles. The van der Waals surface area contributed by atoms with E-state index in [1.165, 1.54) is 14.2 Å². The molecule has 0 unspecified atom stereocenters. The van der Waals surface area contributed by atoms with Gasteiger partial charge in [0.1, 0.15) is 28.6 Å². The summed E-state index contributed by atoms with van der Waals surface area (Å²) in [6.07, 6.45) is 0. The zero-order valence-corrected chi connectivity index (χ0v) is 13.1. The van der Waals surface area contributed by atoms with Crippen molar-refractivity contribution in [3.63, 3.8) is 0 Å².